The Balaban J connectivity index is 1.94. The van der Waals surface area contributed by atoms with Crippen LogP contribution in [0.25, 0.3) is 0 Å². The van der Waals surface area contributed by atoms with E-state index in [-0.39, 0.29) is 11.7 Å². The van der Waals surface area contributed by atoms with Gasteiger partial charge in [-0.25, -0.2) is 0 Å². The average Bonchev–Trinajstić information content (AvgIpc) is 3.10. The van der Waals surface area contributed by atoms with Gasteiger partial charge in [-0.05, 0) is 25.7 Å². The maximum absolute atomic E-state index is 9.71. The van der Waals surface area contributed by atoms with Crippen LogP contribution in [0.4, 0.5) is 0 Å². The largest absolute Gasteiger partial charge is 0.505 e. The van der Waals surface area contributed by atoms with E-state index in [9.17, 15) is 5.11 Å². The van der Waals surface area contributed by atoms with Crippen molar-refractivity contribution in [1.29, 1.82) is 0 Å². The van der Waals surface area contributed by atoms with E-state index in [1.807, 2.05) is 0 Å². The van der Waals surface area contributed by atoms with Crippen LogP contribution in [0.1, 0.15) is 25.7 Å². The van der Waals surface area contributed by atoms with Gasteiger partial charge in [-0.1, -0.05) is 0 Å². The van der Waals surface area contributed by atoms with Crippen LogP contribution in [0.3, 0.4) is 0 Å². The number of aliphatic hydroxyl groups excluding tert-OH is 1. The number of ether oxygens (including phenoxy) is 1. The third-order valence-electron chi connectivity index (χ3n) is 2.91. The zero-order valence-electron chi connectivity index (χ0n) is 8.85. The third kappa shape index (κ3) is 2.96. The van der Waals surface area contributed by atoms with Gasteiger partial charge >= 0.3 is 0 Å². The highest BCUT2D eigenvalue weighted by atomic mass is 16.5. The first-order chi connectivity index (χ1) is 7.27. The first-order valence-electron chi connectivity index (χ1n) is 5.57. The van der Waals surface area contributed by atoms with Gasteiger partial charge in [-0.2, -0.15) is 0 Å². The number of allylic oxidation sites excluding steroid dienone is 2. The summed E-state index contributed by atoms with van der Waals surface area (Å²) in [6.45, 7) is 1.47. The molecule has 0 radical (unpaired) electrons. The van der Waals surface area contributed by atoms with Gasteiger partial charge in [0.1, 0.15) is 0 Å². The van der Waals surface area contributed by atoms with E-state index in [2.05, 4.69) is 4.99 Å². The van der Waals surface area contributed by atoms with E-state index in [1.165, 1.54) is 6.21 Å². The summed E-state index contributed by atoms with van der Waals surface area (Å²) in [5, 5.41) is 9.71. The second kappa shape index (κ2) is 4.66. The Morgan fingerprint density at radius 1 is 1.27 bits per heavy atom. The summed E-state index contributed by atoms with van der Waals surface area (Å²) in [5.74, 6) is 0.401. The summed E-state index contributed by atoms with van der Waals surface area (Å²) in [6, 6.07) is 0.426. The minimum atomic E-state index is 0.147. The van der Waals surface area contributed by atoms with Crippen LogP contribution in [-0.2, 0) is 4.74 Å². The van der Waals surface area contributed by atoms with Crippen LogP contribution in [0, 0.1) is 5.92 Å². The molecule has 0 amide bonds. The lowest BCUT2D eigenvalue weighted by Crippen LogP contribution is -2.23. The molecule has 0 unspecified atom stereocenters. The summed E-state index contributed by atoms with van der Waals surface area (Å²) in [7, 11) is 0. The first-order valence-corrected chi connectivity index (χ1v) is 5.57. The SMILES string of the molecule is NC(=C(O)C=NC1CC1)C1CCOCC1. The van der Waals surface area contributed by atoms with E-state index in [4.69, 9.17) is 10.5 Å². The Kier molecular flexibility index (Phi) is 3.26. The Morgan fingerprint density at radius 2 is 1.93 bits per heavy atom. The molecule has 0 bridgehead atoms. The van der Waals surface area contributed by atoms with Crippen LogP contribution >= 0.6 is 0 Å². The first kappa shape index (κ1) is 10.5. The quantitative estimate of drug-likeness (QED) is 0.546. The number of nitrogens with two attached hydrogens (primary N) is 1. The predicted octanol–water partition coefficient (Wildman–Crippen LogP) is 1.37. The zero-order valence-corrected chi connectivity index (χ0v) is 8.85. The Labute approximate surface area is 89.8 Å². The molecular weight excluding hydrogens is 192 g/mol. The molecule has 2 rings (SSSR count). The standard InChI is InChI=1S/C11H18N2O2/c12-11(8-3-5-15-6-4-8)10(14)7-13-9-1-2-9/h7-9,14H,1-6,12H2. The predicted molar refractivity (Wildman–Crippen MR) is 58.9 cm³/mol. The highest BCUT2D eigenvalue weighted by molar-refractivity contribution is 5.76. The molecular formula is C11H18N2O2. The maximum atomic E-state index is 9.71. The number of rotatable bonds is 3. The Morgan fingerprint density at radius 3 is 2.53 bits per heavy atom. The number of hydrogen-bond donors (Lipinski definition) is 2. The van der Waals surface area contributed by atoms with Crippen molar-refractivity contribution in [3.63, 3.8) is 0 Å². The lowest BCUT2D eigenvalue weighted by atomic mass is 9.96. The molecule has 1 aliphatic heterocycles. The van der Waals surface area contributed by atoms with Gasteiger partial charge < -0.3 is 15.6 Å². The molecule has 0 atom stereocenters. The van der Waals surface area contributed by atoms with Crippen molar-refractivity contribution in [2.45, 2.75) is 31.7 Å². The summed E-state index contributed by atoms with van der Waals surface area (Å²) in [4.78, 5) is 4.21. The summed E-state index contributed by atoms with van der Waals surface area (Å²) in [6.07, 6.45) is 5.59. The molecule has 2 fully saturated rings. The topological polar surface area (TPSA) is 67.8 Å². The molecule has 0 aromatic rings. The van der Waals surface area contributed by atoms with Crippen molar-refractivity contribution in [2.24, 2.45) is 16.6 Å². The van der Waals surface area contributed by atoms with Gasteiger partial charge in [0.05, 0.1) is 18.0 Å². The minimum absolute atomic E-state index is 0.147. The van der Waals surface area contributed by atoms with Crippen molar-refractivity contribution >= 4 is 6.21 Å². The van der Waals surface area contributed by atoms with E-state index in [0.717, 1.165) is 38.9 Å². The van der Waals surface area contributed by atoms with Crippen LogP contribution in [-0.4, -0.2) is 30.6 Å². The van der Waals surface area contributed by atoms with Gasteiger partial charge in [0.25, 0.3) is 0 Å². The second-order valence-electron chi connectivity index (χ2n) is 4.24. The third-order valence-corrected chi connectivity index (χ3v) is 2.91. The van der Waals surface area contributed by atoms with E-state index in [0.29, 0.717) is 11.7 Å². The fraction of sp³-hybridized carbons (Fsp3) is 0.727. The molecule has 1 saturated carbocycles. The van der Waals surface area contributed by atoms with Crippen molar-refractivity contribution in [3.8, 4) is 0 Å². The van der Waals surface area contributed by atoms with Crippen molar-refractivity contribution in [2.75, 3.05) is 13.2 Å². The molecule has 0 aromatic heterocycles. The molecule has 1 saturated heterocycles. The summed E-state index contributed by atoms with van der Waals surface area (Å²) >= 11 is 0. The zero-order chi connectivity index (χ0) is 10.7. The minimum Gasteiger partial charge on any atom is -0.505 e. The van der Waals surface area contributed by atoms with Crippen molar-refractivity contribution in [3.05, 3.63) is 11.5 Å². The molecule has 15 heavy (non-hydrogen) atoms. The van der Waals surface area contributed by atoms with Crippen LogP contribution in [0.2, 0.25) is 0 Å². The van der Waals surface area contributed by atoms with Crippen LogP contribution < -0.4 is 5.73 Å². The van der Waals surface area contributed by atoms with Gasteiger partial charge in [0.2, 0.25) is 0 Å². The number of nitrogens with zero attached hydrogens (tertiary/aromatic N) is 1. The van der Waals surface area contributed by atoms with E-state index >= 15 is 0 Å². The van der Waals surface area contributed by atoms with E-state index in [1.54, 1.807) is 0 Å². The molecule has 1 aliphatic carbocycles. The molecule has 4 heteroatoms. The summed E-state index contributed by atoms with van der Waals surface area (Å²) in [5.41, 5.74) is 6.45. The highest BCUT2D eigenvalue weighted by Gasteiger charge is 2.21. The highest BCUT2D eigenvalue weighted by Crippen LogP contribution is 2.24. The van der Waals surface area contributed by atoms with Gasteiger partial charge in [0, 0.05) is 19.1 Å². The molecule has 84 valence electrons. The smallest absolute Gasteiger partial charge is 0.152 e. The lowest BCUT2D eigenvalue weighted by molar-refractivity contribution is 0.0745. The van der Waals surface area contributed by atoms with Gasteiger partial charge in [-0.15, -0.1) is 0 Å². The van der Waals surface area contributed by atoms with E-state index < -0.39 is 0 Å². The van der Waals surface area contributed by atoms with Gasteiger partial charge in [0.15, 0.2) is 5.76 Å². The number of hydrogen-bond acceptors (Lipinski definition) is 4. The Hall–Kier alpha value is -1.03. The molecule has 4 nitrogen and oxygen atoms in total. The number of aliphatic imine (C=N–C) groups is 1. The summed E-state index contributed by atoms with van der Waals surface area (Å²) < 4.78 is 5.24. The molecule has 3 N–H and O–H groups in total. The molecule has 1 heterocycles. The molecule has 0 spiro atoms. The fourth-order valence-corrected chi connectivity index (χ4v) is 1.69. The molecule has 2 aliphatic rings. The number of aliphatic hydroxyl groups is 1. The average molecular weight is 210 g/mol. The normalized spacial score (nSPS) is 25.6. The Bertz CT molecular complexity index is 276. The van der Waals surface area contributed by atoms with Crippen LogP contribution in [0.15, 0.2) is 16.4 Å². The maximum Gasteiger partial charge on any atom is 0.152 e. The molecule has 0 aromatic carbocycles. The lowest BCUT2D eigenvalue weighted by Gasteiger charge is -2.22. The fourth-order valence-electron chi connectivity index (χ4n) is 1.69. The van der Waals surface area contributed by atoms with Crippen LogP contribution in [0.5, 0.6) is 0 Å². The van der Waals surface area contributed by atoms with Gasteiger partial charge in [-0.3, -0.25) is 4.99 Å². The van der Waals surface area contributed by atoms with Crippen molar-refractivity contribution < 1.29 is 9.84 Å². The van der Waals surface area contributed by atoms with Crippen molar-refractivity contribution in [1.82, 2.24) is 0 Å². The second-order valence-corrected chi connectivity index (χ2v) is 4.24. The monoisotopic (exact) mass is 210 g/mol.